The molecule has 1 aromatic carbocycles. The summed E-state index contributed by atoms with van der Waals surface area (Å²) >= 11 is 0. The molecule has 1 atom stereocenters. The van der Waals surface area contributed by atoms with Gasteiger partial charge in [0.25, 0.3) is 0 Å². The Balaban J connectivity index is 2.00. The van der Waals surface area contributed by atoms with E-state index in [0.29, 0.717) is 36.7 Å². The number of carbonyl (C=O) groups is 2. The van der Waals surface area contributed by atoms with Crippen molar-refractivity contribution in [1.82, 2.24) is 25.3 Å². The number of carbonyl (C=O) groups excluding carboxylic acids is 2. The molecule has 10 nitrogen and oxygen atoms in total. The van der Waals surface area contributed by atoms with Crippen LogP contribution < -0.4 is 15.4 Å². The average Bonchev–Trinajstić information content (AvgIpc) is 3.11. The van der Waals surface area contributed by atoms with Gasteiger partial charge in [-0.15, -0.1) is 0 Å². The molecule has 2 aromatic rings. The van der Waals surface area contributed by atoms with Crippen LogP contribution in [0.5, 0.6) is 5.75 Å². The van der Waals surface area contributed by atoms with E-state index >= 15 is 0 Å². The van der Waals surface area contributed by atoms with Gasteiger partial charge >= 0.3 is 12.0 Å². The Morgan fingerprint density at radius 1 is 1.19 bits per heavy atom. The molecule has 0 saturated heterocycles. The molecule has 0 fully saturated rings. The highest BCUT2D eigenvalue weighted by Gasteiger charge is 2.34. The van der Waals surface area contributed by atoms with Crippen molar-refractivity contribution in [3.8, 4) is 5.75 Å². The van der Waals surface area contributed by atoms with Gasteiger partial charge in [-0.2, -0.15) is 5.10 Å². The summed E-state index contributed by atoms with van der Waals surface area (Å²) in [6.45, 7) is 10.2. The summed E-state index contributed by atoms with van der Waals surface area (Å²) in [6.07, 6.45) is 0. The maximum Gasteiger partial charge on any atom is 0.338 e. The van der Waals surface area contributed by atoms with Gasteiger partial charge in [-0.05, 0) is 52.4 Å². The van der Waals surface area contributed by atoms with Crippen LogP contribution in [-0.4, -0.2) is 61.1 Å². The van der Waals surface area contributed by atoms with Crippen molar-refractivity contribution in [3.63, 3.8) is 0 Å². The summed E-state index contributed by atoms with van der Waals surface area (Å²) in [5, 5.41) is 10.3. The first-order chi connectivity index (χ1) is 17.2. The number of urea groups is 1. The molecule has 0 bridgehead atoms. The zero-order valence-electron chi connectivity index (χ0n) is 22.2. The van der Waals surface area contributed by atoms with Crippen LogP contribution in [0.25, 0.3) is 0 Å². The molecule has 10 heteroatoms. The van der Waals surface area contributed by atoms with Gasteiger partial charge in [-0.25, -0.2) is 9.59 Å². The quantitative estimate of drug-likeness (QED) is 0.458. The molecule has 0 saturated carbocycles. The monoisotopic (exact) mass is 499 g/mol. The second-order valence-corrected chi connectivity index (χ2v) is 8.79. The molecule has 1 aromatic heterocycles. The van der Waals surface area contributed by atoms with Crippen molar-refractivity contribution < 1.29 is 23.8 Å². The van der Waals surface area contributed by atoms with Crippen molar-refractivity contribution in [2.45, 2.75) is 53.4 Å². The molecule has 1 unspecified atom stereocenters. The van der Waals surface area contributed by atoms with Crippen molar-refractivity contribution in [2.75, 3.05) is 34.4 Å². The molecule has 0 radical (unpaired) electrons. The fourth-order valence-corrected chi connectivity index (χ4v) is 4.56. The largest absolute Gasteiger partial charge is 0.496 e. The lowest BCUT2D eigenvalue weighted by molar-refractivity contribution is -0.139. The number of aromatic nitrogens is 2. The van der Waals surface area contributed by atoms with Crippen molar-refractivity contribution in [1.29, 1.82) is 0 Å². The fraction of sp³-hybridized carbons (Fsp3) is 0.500. The van der Waals surface area contributed by atoms with E-state index in [-0.39, 0.29) is 12.6 Å². The predicted molar refractivity (Wildman–Crippen MR) is 135 cm³/mol. The smallest absolute Gasteiger partial charge is 0.338 e. The summed E-state index contributed by atoms with van der Waals surface area (Å²) in [7, 11) is 5.14. The molecule has 2 amide bonds. The summed E-state index contributed by atoms with van der Waals surface area (Å²) in [6, 6.07) is 4.45. The van der Waals surface area contributed by atoms with Gasteiger partial charge in [0.2, 0.25) is 0 Å². The van der Waals surface area contributed by atoms with Crippen LogP contribution in [0.2, 0.25) is 0 Å². The lowest BCUT2D eigenvalue weighted by Gasteiger charge is -2.31. The standard InChI is InChI=1S/C26H37N5O5/c1-8-31-17(4)20(16(3)29-31)13-30(5)14-21-23(25(32)36-9-2)24(28-26(33)27-21)18-10-11-22(35-7)19(12-18)15-34-6/h10-12,24H,8-9,13-15H2,1-7H3,(H2,27,28,33). The maximum absolute atomic E-state index is 13.2. The Hall–Kier alpha value is -3.37. The number of hydrogen-bond donors (Lipinski definition) is 2. The van der Waals surface area contributed by atoms with Crippen molar-refractivity contribution >= 4 is 12.0 Å². The Kier molecular flexibility index (Phi) is 9.11. The van der Waals surface area contributed by atoms with Crippen molar-refractivity contribution in [2.24, 2.45) is 0 Å². The molecule has 3 rings (SSSR count). The number of nitrogens with one attached hydrogen (secondary N) is 2. The Labute approximate surface area is 212 Å². The summed E-state index contributed by atoms with van der Waals surface area (Å²) < 4.78 is 18.1. The molecular weight excluding hydrogens is 462 g/mol. The van der Waals surface area contributed by atoms with E-state index < -0.39 is 12.0 Å². The van der Waals surface area contributed by atoms with Crippen LogP contribution >= 0.6 is 0 Å². The number of aryl methyl sites for hydroxylation is 2. The fourth-order valence-electron chi connectivity index (χ4n) is 4.56. The second-order valence-electron chi connectivity index (χ2n) is 8.79. The van der Waals surface area contributed by atoms with Crippen LogP contribution in [0.15, 0.2) is 29.5 Å². The number of rotatable bonds is 11. The van der Waals surface area contributed by atoms with Crippen LogP contribution in [-0.2, 0) is 34.0 Å². The molecule has 36 heavy (non-hydrogen) atoms. The number of nitrogens with zero attached hydrogens (tertiary/aromatic N) is 3. The molecule has 1 aliphatic rings. The van der Waals surface area contributed by atoms with Crippen LogP contribution in [0.1, 0.15) is 48.0 Å². The Morgan fingerprint density at radius 3 is 2.56 bits per heavy atom. The number of benzene rings is 1. The van der Waals surface area contributed by atoms with Gasteiger partial charge in [-0.1, -0.05) is 6.07 Å². The van der Waals surface area contributed by atoms with E-state index in [1.54, 1.807) is 21.1 Å². The third-order valence-corrected chi connectivity index (χ3v) is 6.27. The zero-order valence-corrected chi connectivity index (χ0v) is 22.2. The first kappa shape index (κ1) is 27.2. The van der Waals surface area contributed by atoms with E-state index in [2.05, 4.69) is 34.5 Å². The number of methoxy groups -OCH3 is 2. The third-order valence-electron chi connectivity index (χ3n) is 6.27. The number of amides is 2. The predicted octanol–water partition coefficient (Wildman–Crippen LogP) is 2.98. The number of ether oxygens (including phenoxy) is 3. The van der Waals surface area contributed by atoms with Crippen LogP contribution in [0.4, 0.5) is 4.79 Å². The number of esters is 1. The van der Waals surface area contributed by atoms with Gasteiger partial charge in [0.15, 0.2) is 0 Å². The first-order valence-corrected chi connectivity index (χ1v) is 12.1. The highest BCUT2D eigenvalue weighted by molar-refractivity contribution is 5.95. The maximum atomic E-state index is 13.2. The Bertz CT molecular complexity index is 1140. The number of likely N-dealkylation sites (N-methyl/N-ethyl adjacent to an activating group) is 1. The summed E-state index contributed by atoms with van der Waals surface area (Å²) in [5.74, 6) is 0.189. The molecular formula is C26H37N5O5. The zero-order chi connectivity index (χ0) is 26.4. The highest BCUT2D eigenvalue weighted by Crippen LogP contribution is 2.32. The lowest BCUT2D eigenvalue weighted by Crippen LogP contribution is -2.48. The highest BCUT2D eigenvalue weighted by atomic mass is 16.5. The van der Waals surface area contributed by atoms with Gasteiger partial charge in [0, 0.05) is 49.3 Å². The SMILES string of the molecule is CCOC(=O)C1=C(CN(C)Cc2c(C)nn(CC)c2C)NC(=O)NC1c1ccc(OC)c(COC)c1. The first-order valence-electron chi connectivity index (χ1n) is 12.1. The molecule has 0 spiro atoms. The van der Waals surface area contributed by atoms with E-state index in [1.165, 1.54) is 0 Å². The minimum absolute atomic E-state index is 0.220. The van der Waals surface area contributed by atoms with Crippen LogP contribution in [0.3, 0.4) is 0 Å². The molecule has 2 N–H and O–H groups in total. The van der Waals surface area contributed by atoms with Crippen LogP contribution in [0, 0.1) is 13.8 Å². The molecule has 196 valence electrons. The van der Waals surface area contributed by atoms with E-state index in [1.807, 2.05) is 36.9 Å². The molecule has 0 aliphatic carbocycles. The normalized spacial score (nSPS) is 15.7. The van der Waals surface area contributed by atoms with E-state index in [9.17, 15) is 9.59 Å². The minimum atomic E-state index is -0.686. The topological polar surface area (TPSA) is 107 Å². The second kappa shape index (κ2) is 12.0. The molecule has 1 aliphatic heterocycles. The summed E-state index contributed by atoms with van der Waals surface area (Å²) in [5.41, 5.74) is 5.63. The summed E-state index contributed by atoms with van der Waals surface area (Å²) in [4.78, 5) is 27.9. The third kappa shape index (κ3) is 5.88. The minimum Gasteiger partial charge on any atom is -0.496 e. The molecule has 2 heterocycles. The Morgan fingerprint density at radius 2 is 1.94 bits per heavy atom. The van der Waals surface area contributed by atoms with E-state index in [4.69, 9.17) is 14.2 Å². The van der Waals surface area contributed by atoms with Gasteiger partial charge in [0.1, 0.15) is 5.75 Å². The number of hydrogen-bond acceptors (Lipinski definition) is 7. The van der Waals surface area contributed by atoms with Gasteiger partial charge in [0.05, 0.1) is 37.6 Å². The van der Waals surface area contributed by atoms with Gasteiger partial charge < -0.3 is 24.8 Å². The van der Waals surface area contributed by atoms with Gasteiger partial charge in [-0.3, -0.25) is 9.58 Å². The lowest BCUT2D eigenvalue weighted by atomic mass is 9.93. The van der Waals surface area contributed by atoms with Crippen molar-refractivity contribution in [3.05, 3.63) is 57.5 Å². The van der Waals surface area contributed by atoms with E-state index in [0.717, 1.165) is 34.6 Å². The average molecular weight is 500 g/mol.